The van der Waals surface area contributed by atoms with E-state index in [0.717, 1.165) is 11.8 Å². The van der Waals surface area contributed by atoms with Crippen molar-refractivity contribution in [3.05, 3.63) is 0 Å². The lowest BCUT2D eigenvalue weighted by atomic mass is 10.9. The quantitative estimate of drug-likeness (QED) is 0.188. The summed E-state index contributed by atoms with van der Waals surface area (Å²) in [7, 11) is 0. The van der Waals surface area contributed by atoms with Crippen molar-refractivity contribution in [2.45, 2.75) is 0 Å². The van der Waals surface area contributed by atoms with Gasteiger partial charge in [0.25, 0.3) is 0 Å². The summed E-state index contributed by atoms with van der Waals surface area (Å²) in [5.74, 6) is 5.34. The molecule has 0 aromatic carbocycles. The predicted molar refractivity (Wildman–Crippen MR) is 43.1 cm³/mol. The van der Waals surface area contributed by atoms with Crippen molar-refractivity contribution in [2.24, 2.45) is 10.8 Å². The highest BCUT2D eigenvalue weighted by molar-refractivity contribution is 8.13. The van der Waals surface area contributed by atoms with Crippen LogP contribution in [0.3, 0.4) is 0 Å². The van der Waals surface area contributed by atoms with Crippen LogP contribution in [0.5, 0.6) is 0 Å². The first kappa shape index (κ1) is 9.41. The number of aliphatic hydroxyl groups is 1. The first-order valence-corrected chi connectivity index (χ1v) is 3.60. The maximum absolute atomic E-state index is 8.33. The lowest BCUT2D eigenvalue weighted by Gasteiger charge is -1.93. The molecule has 0 bridgehead atoms. The van der Waals surface area contributed by atoms with Crippen molar-refractivity contribution in [1.82, 2.24) is 5.43 Å². The Morgan fingerprint density at radius 3 is 3.10 bits per heavy atom. The van der Waals surface area contributed by atoms with Gasteiger partial charge in [-0.05, 0) is 0 Å². The zero-order valence-electron chi connectivity index (χ0n) is 5.37. The van der Waals surface area contributed by atoms with Gasteiger partial charge in [-0.2, -0.15) is 0 Å². The Morgan fingerprint density at radius 2 is 2.60 bits per heavy atom. The van der Waals surface area contributed by atoms with Crippen LogP contribution < -0.4 is 11.3 Å². The summed E-state index contributed by atoms with van der Waals surface area (Å²) in [6, 6.07) is 0. The lowest BCUT2D eigenvalue weighted by molar-refractivity contribution is 0.323. The fourth-order valence-electron chi connectivity index (χ4n) is 0.275. The SMILES string of the molecule is N=C(N=CNN)SCCO. The summed E-state index contributed by atoms with van der Waals surface area (Å²) < 4.78 is 0. The molecule has 0 spiro atoms. The van der Waals surface area contributed by atoms with Gasteiger partial charge >= 0.3 is 0 Å². The maximum Gasteiger partial charge on any atom is 0.181 e. The van der Waals surface area contributed by atoms with Crippen LogP contribution in [-0.4, -0.2) is 29.0 Å². The molecule has 0 atom stereocenters. The lowest BCUT2D eigenvalue weighted by Crippen LogP contribution is -2.19. The number of hydrogen-bond donors (Lipinski definition) is 4. The third-order valence-corrected chi connectivity index (χ3v) is 1.35. The van der Waals surface area contributed by atoms with Crippen LogP contribution in [0, 0.1) is 5.41 Å². The zero-order valence-corrected chi connectivity index (χ0v) is 6.19. The van der Waals surface area contributed by atoms with E-state index in [-0.39, 0.29) is 11.8 Å². The van der Waals surface area contributed by atoms with Gasteiger partial charge in [0.05, 0.1) is 6.61 Å². The largest absolute Gasteiger partial charge is 0.396 e. The van der Waals surface area contributed by atoms with Gasteiger partial charge < -0.3 is 10.5 Å². The molecule has 0 saturated carbocycles. The summed E-state index contributed by atoms with van der Waals surface area (Å²) in [4.78, 5) is 3.55. The van der Waals surface area contributed by atoms with E-state index in [1.54, 1.807) is 0 Å². The third kappa shape index (κ3) is 5.54. The minimum Gasteiger partial charge on any atom is -0.396 e. The van der Waals surface area contributed by atoms with Crippen molar-refractivity contribution >= 4 is 23.3 Å². The molecule has 0 aliphatic rings. The van der Waals surface area contributed by atoms with Gasteiger partial charge in [-0.15, -0.1) is 0 Å². The highest BCUT2D eigenvalue weighted by Gasteiger charge is 1.90. The van der Waals surface area contributed by atoms with E-state index in [9.17, 15) is 0 Å². The molecular formula is C4H10N4OS. The zero-order chi connectivity index (χ0) is 7.82. The normalized spacial score (nSPS) is 10.2. The van der Waals surface area contributed by atoms with Gasteiger partial charge in [0.1, 0.15) is 6.34 Å². The summed E-state index contributed by atoms with van der Waals surface area (Å²) >= 11 is 1.16. The molecule has 0 radical (unpaired) electrons. The second-order valence-electron chi connectivity index (χ2n) is 1.30. The summed E-state index contributed by atoms with van der Waals surface area (Å²) in [5, 5.41) is 15.5. The monoisotopic (exact) mass is 162 g/mol. The van der Waals surface area contributed by atoms with E-state index in [4.69, 9.17) is 16.4 Å². The second kappa shape index (κ2) is 6.53. The van der Waals surface area contributed by atoms with Crippen molar-refractivity contribution < 1.29 is 5.11 Å². The Bertz CT molecular complexity index is 126. The molecule has 0 rings (SSSR count). The topological polar surface area (TPSA) is 94.5 Å². The molecule has 0 amide bonds. The van der Waals surface area contributed by atoms with Crippen molar-refractivity contribution in [3.63, 3.8) is 0 Å². The van der Waals surface area contributed by atoms with Crippen LogP contribution in [-0.2, 0) is 0 Å². The molecule has 6 heteroatoms. The van der Waals surface area contributed by atoms with Crippen molar-refractivity contribution in [3.8, 4) is 0 Å². The fraction of sp³-hybridized carbons (Fsp3) is 0.500. The number of thioether (sulfide) groups is 1. The minimum atomic E-state index is 0.0542. The van der Waals surface area contributed by atoms with Gasteiger partial charge in [0.2, 0.25) is 0 Å². The Morgan fingerprint density at radius 1 is 1.90 bits per heavy atom. The Hall–Kier alpha value is -0.590. The van der Waals surface area contributed by atoms with E-state index in [1.165, 1.54) is 6.34 Å². The van der Waals surface area contributed by atoms with Crippen LogP contribution in [0.1, 0.15) is 0 Å². The highest BCUT2D eigenvalue weighted by Crippen LogP contribution is 2.00. The van der Waals surface area contributed by atoms with Crippen LogP contribution in [0.25, 0.3) is 0 Å². The molecule has 0 aromatic heterocycles. The van der Waals surface area contributed by atoms with Crippen molar-refractivity contribution in [2.75, 3.05) is 12.4 Å². The van der Waals surface area contributed by atoms with Crippen LogP contribution in [0.4, 0.5) is 0 Å². The number of aliphatic hydroxyl groups excluding tert-OH is 1. The maximum atomic E-state index is 8.33. The standard InChI is InChI=1S/C4H10N4OS/c5-4(7-3-8-6)10-2-1-9/h3,9H,1-2,6H2,(H2,5,7,8). The number of amidine groups is 1. The predicted octanol–water partition coefficient (Wildman–Crippen LogP) is -0.862. The molecule has 0 fully saturated rings. The van der Waals surface area contributed by atoms with Gasteiger partial charge in [-0.3, -0.25) is 5.41 Å². The number of hydrogen-bond acceptors (Lipinski definition) is 4. The van der Waals surface area contributed by atoms with Gasteiger partial charge in [0.15, 0.2) is 5.17 Å². The van der Waals surface area contributed by atoms with E-state index in [0.29, 0.717) is 5.75 Å². The molecule has 58 valence electrons. The highest BCUT2D eigenvalue weighted by atomic mass is 32.2. The summed E-state index contributed by atoms with van der Waals surface area (Å²) in [6.45, 7) is 0.0542. The van der Waals surface area contributed by atoms with Crippen LogP contribution in [0.15, 0.2) is 4.99 Å². The third-order valence-electron chi connectivity index (χ3n) is 0.586. The number of rotatable bonds is 3. The Balaban J connectivity index is 3.34. The van der Waals surface area contributed by atoms with E-state index in [2.05, 4.69) is 10.4 Å². The van der Waals surface area contributed by atoms with Crippen LogP contribution in [0.2, 0.25) is 0 Å². The molecule has 0 heterocycles. The molecule has 10 heavy (non-hydrogen) atoms. The first-order chi connectivity index (χ1) is 4.81. The molecule has 0 aromatic rings. The van der Waals surface area contributed by atoms with Gasteiger partial charge in [-0.1, -0.05) is 11.8 Å². The fourth-order valence-corrected chi connectivity index (χ4v) is 0.687. The minimum absolute atomic E-state index is 0.0542. The van der Waals surface area contributed by atoms with Crippen molar-refractivity contribution in [1.29, 1.82) is 5.41 Å². The smallest absolute Gasteiger partial charge is 0.181 e. The Labute approximate surface area is 63.2 Å². The molecular weight excluding hydrogens is 152 g/mol. The average Bonchev–Trinajstić information content (AvgIpc) is 1.97. The number of aliphatic imine (C=N–C) groups is 1. The number of nitrogens with two attached hydrogens (primary N) is 1. The van der Waals surface area contributed by atoms with E-state index in [1.807, 2.05) is 0 Å². The summed E-state index contributed by atoms with van der Waals surface area (Å²) in [5.41, 5.74) is 2.17. The molecule has 5 nitrogen and oxygen atoms in total. The van der Waals surface area contributed by atoms with Gasteiger partial charge in [-0.25, -0.2) is 10.8 Å². The van der Waals surface area contributed by atoms with Gasteiger partial charge in [0, 0.05) is 5.75 Å². The second-order valence-corrected chi connectivity index (χ2v) is 2.39. The molecule has 0 aliphatic heterocycles. The van der Waals surface area contributed by atoms with E-state index >= 15 is 0 Å². The van der Waals surface area contributed by atoms with Crippen LogP contribution >= 0.6 is 11.8 Å². The Kier molecular flexibility index (Phi) is 6.14. The molecule has 0 unspecified atom stereocenters. The van der Waals surface area contributed by atoms with E-state index < -0.39 is 0 Å². The average molecular weight is 162 g/mol. The number of nitrogens with zero attached hydrogens (tertiary/aromatic N) is 1. The molecule has 5 N–H and O–H groups in total. The summed E-state index contributed by atoms with van der Waals surface area (Å²) in [6.07, 6.45) is 1.21. The molecule has 0 aliphatic carbocycles. The molecule has 0 saturated heterocycles. The number of hydrazine groups is 1. The number of nitrogens with one attached hydrogen (secondary N) is 2. The first-order valence-electron chi connectivity index (χ1n) is 2.62.